The number of benzene rings is 1. The van der Waals surface area contributed by atoms with Gasteiger partial charge in [0.2, 0.25) is 0 Å². The summed E-state index contributed by atoms with van der Waals surface area (Å²) >= 11 is 3.41. The van der Waals surface area contributed by atoms with E-state index in [1.165, 1.54) is 0 Å². The molecule has 90 valence electrons. The molecule has 4 atom stereocenters. The maximum absolute atomic E-state index is 11.4. The van der Waals surface area contributed by atoms with E-state index in [2.05, 4.69) is 21.2 Å². The first-order valence-electron chi connectivity index (χ1n) is 5.91. The van der Waals surface area contributed by atoms with Crippen molar-refractivity contribution in [3.8, 4) is 0 Å². The van der Waals surface area contributed by atoms with Crippen LogP contribution in [0.3, 0.4) is 0 Å². The summed E-state index contributed by atoms with van der Waals surface area (Å²) in [5, 5.41) is 12.8. The molecule has 2 saturated heterocycles. The second-order valence-corrected chi connectivity index (χ2v) is 5.81. The van der Waals surface area contributed by atoms with Crippen molar-refractivity contribution in [2.75, 3.05) is 0 Å². The van der Waals surface area contributed by atoms with Crippen molar-refractivity contribution in [2.45, 2.75) is 30.8 Å². The molecule has 2 heterocycles. The van der Waals surface area contributed by atoms with Gasteiger partial charge in [0.25, 0.3) is 0 Å². The summed E-state index contributed by atoms with van der Waals surface area (Å²) in [5.74, 6) is -0.813. The van der Waals surface area contributed by atoms with Gasteiger partial charge in [-0.25, -0.2) is 0 Å². The van der Waals surface area contributed by atoms with Gasteiger partial charge in [-0.05, 0) is 30.5 Å². The van der Waals surface area contributed by atoms with E-state index in [4.69, 9.17) is 0 Å². The van der Waals surface area contributed by atoms with E-state index in [1.807, 2.05) is 24.3 Å². The fourth-order valence-electron chi connectivity index (χ4n) is 3.32. The molecule has 1 aromatic rings. The van der Waals surface area contributed by atoms with E-state index in [1.54, 1.807) is 0 Å². The summed E-state index contributed by atoms with van der Waals surface area (Å²) in [6.45, 7) is 0. The lowest BCUT2D eigenvalue weighted by Gasteiger charge is -2.26. The first-order valence-corrected chi connectivity index (χ1v) is 6.70. The molecule has 2 fully saturated rings. The first kappa shape index (κ1) is 11.2. The van der Waals surface area contributed by atoms with Gasteiger partial charge < -0.3 is 10.4 Å². The molecule has 1 aromatic carbocycles. The number of carbonyl (C=O) groups is 1. The quantitative estimate of drug-likeness (QED) is 0.881. The Balaban J connectivity index is 1.95. The maximum atomic E-state index is 11.4. The zero-order valence-corrected chi connectivity index (χ0v) is 10.9. The van der Waals surface area contributed by atoms with Crippen LogP contribution < -0.4 is 5.32 Å². The van der Waals surface area contributed by atoms with E-state index < -0.39 is 5.97 Å². The molecule has 0 saturated carbocycles. The molecule has 3 nitrogen and oxygen atoms in total. The fraction of sp³-hybridized carbons (Fsp3) is 0.462. The largest absolute Gasteiger partial charge is 0.481 e. The predicted octanol–water partition coefficient (Wildman–Crippen LogP) is 2.37. The number of halogens is 1. The molecule has 0 aromatic heterocycles. The van der Waals surface area contributed by atoms with Crippen molar-refractivity contribution in [1.29, 1.82) is 0 Å². The summed E-state index contributed by atoms with van der Waals surface area (Å²) in [7, 11) is 0. The zero-order valence-electron chi connectivity index (χ0n) is 9.27. The number of hydrogen-bond acceptors (Lipinski definition) is 2. The van der Waals surface area contributed by atoms with Gasteiger partial charge >= 0.3 is 5.97 Å². The number of aliphatic carboxylic acids is 1. The Hall–Kier alpha value is -0.870. The molecule has 2 N–H and O–H groups in total. The monoisotopic (exact) mass is 295 g/mol. The van der Waals surface area contributed by atoms with Crippen LogP contribution in [0.2, 0.25) is 0 Å². The van der Waals surface area contributed by atoms with Crippen molar-refractivity contribution in [1.82, 2.24) is 5.32 Å². The Kier molecular flexibility index (Phi) is 2.71. The van der Waals surface area contributed by atoms with Gasteiger partial charge in [-0.2, -0.15) is 0 Å². The lowest BCUT2D eigenvalue weighted by molar-refractivity contribution is -0.142. The summed E-state index contributed by atoms with van der Waals surface area (Å²) in [6.07, 6.45) is 2.09. The third-order valence-electron chi connectivity index (χ3n) is 4.01. The van der Waals surface area contributed by atoms with Gasteiger partial charge in [0.15, 0.2) is 0 Å². The van der Waals surface area contributed by atoms with E-state index in [-0.39, 0.29) is 17.9 Å². The molecule has 0 spiro atoms. The number of carboxylic acids is 1. The minimum Gasteiger partial charge on any atom is -0.481 e. The summed E-state index contributed by atoms with van der Waals surface area (Å²) in [4.78, 5) is 11.4. The molecule has 17 heavy (non-hydrogen) atoms. The van der Waals surface area contributed by atoms with Crippen molar-refractivity contribution < 1.29 is 9.90 Å². The van der Waals surface area contributed by atoms with E-state index in [0.717, 1.165) is 22.9 Å². The number of carboxylic acid groups (broad SMARTS) is 1. The smallest absolute Gasteiger partial charge is 0.308 e. The van der Waals surface area contributed by atoms with Crippen molar-refractivity contribution in [3.63, 3.8) is 0 Å². The average molecular weight is 296 g/mol. The van der Waals surface area contributed by atoms with Gasteiger partial charge in [-0.15, -0.1) is 0 Å². The van der Waals surface area contributed by atoms with Gasteiger partial charge in [0.1, 0.15) is 0 Å². The van der Waals surface area contributed by atoms with Crippen LogP contribution in [0.4, 0.5) is 0 Å². The van der Waals surface area contributed by atoms with Crippen LogP contribution in [-0.2, 0) is 4.79 Å². The number of nitrogens with one attached hydrogen (secondary N) is 1. The molecule has 0 aliphatic carbocycles. The Morgan fingerprint density at radius 3 is 2.53 bits per heavy atom. The van der Waals surface area contributed by atoms with Crippen molar-refractivity contribution in [2.24, 2.45) is 5.92 Å². The van der Waals surface area contributed by atoms with Crippen LogP contribution in [0.1, 0.15) is 24.3 Å². The van der Waals surface area contributed by atoms with E-state index in [9.17, 15) is 9.90 Å². The summed E-state index contributed by atoms with van der Waals surface area (Å²) < 4.78 is 1.03. The lowest BCUT2D eigenvalue weighted by Crippen LogP contribution is -2.32. The van der Waals surface area contributed by atoms with Gasteiger partial charge in [-0.3, -0.25) is 4.79 Å². The molecule has 3 rings (SSSR count). The molecular weight excluding hydrogens is 282 g/mol. The number of rotatable bonds is 2. The van der Waals surface area contributed by atoms with Crippen LogP contribution in [0.15, 0.2) is 28.7 Å². The Morgan fingerprint density at radius 1 is 1.24 bits per heavy atom. The molecule has 2 bridgehead atoms. The molecule has 4 unspecified atom stereocenters. The van der Waals surface area contributed by atoms with Crippen molar-refractivity contribution in [3.05, 3.63) is 34.3 Å². The summed E-state index contributed by atoms with van der Waals surface area (Å²) in [6, 6.07) is 8.54. The second-order valence-electron chi connectivity index (χ2n) is 4.90. The third kappa shape index (κ3) is 1.79. The van der Waals surface area contributed by atoms with Gasteiger partial charge in [-0.1, -0.05) is 28.1 Å². The topological polar surface area (TPSA) is 49.3 Å². The standard InChI is InChI=1S/C13H14BrNO2/c14-8-3-1-7(2-4-8)11-9-5-6-10(15-9)12(11)13(16)17/h1-4,9-12,15H,5-6H2,(H,16,17). The maximum Gasteiger partial charge on any atom is 0.308 e. The van der Waals surface area contributed by atoms with Crippen molar-refractivity contribution >= 4 is 21.9 Å². The fourth-order valence-corrected chi connectivity index (χ4v) is 3.58. The van der Waals surface area contributed by atoms with E-state index in [0.29, 0.717) is 6.04 Å². The molecular formula is C13H14BrNO2. The lowest BCUT2D eigenvalue weighted by atomic mass is 9.75. The first-order chi connectivity index (χ1) is 8.16. The minimum atomic E-state index is -0.669. The SMILES string of the molecule is O=C(O)C1C2CCC(N2)C1c1ccc(Br)cc1. The van der Waals surface area contributed by atoms with Crippen LogP contribution in [0.25, 0.3) is 0 Å². The highest BCUT2D eigenvalue weighted by Crippen LogP contribution is 2.44. The number of fused-ring (bicyclic) bond motifs is 2. The third-order valence-corrected chi connectivity index (χ3v) is 4.54. The van der Waals surface area contributed by atoms with Crippen LogP contribution in [0.5, 0.6) is 0 Å². The Morgan fingerprint density at radius 2 is 1.88 bits per heavy atom. The normalized spacial score (nSPS) is 35.1. The molecule has 2 aliphatic heterocycles. The Labute approximate surface area is 108 Å². The number of hydrogen-bond donors (Lipinski definition) is 2. The van der Waals surface area contributed by atoms with E-state index >= 15 is 0 Å². The molecule has 2 aliphatic rings. The zero-order chi connectivity index (χ0) is 12.0. The minimum absolute atomic E-state index is 0.124. The predicted molar refractivity (Wildman–Crippen MR) is 68.0 cm³/mol. The summed E-state index contributed by atoms with van der Waals surface area (Å²) in [5.41, 5.74) is 1.14. The molecule has 4 heteroatoms. The van der Waals surface area contributed by atoms with Crippen LogP contribution in [-0.4, -0.2) is 23.2 Å². The average Bonchev–Trinajstić information content (AvgIpc) is 2.89. The van der Waals surface area contributed by atoms with Crippen LogP contribution in [0, 0.1) is 5.92 Å². The molecule has 0 amide bonds. The highest BCUT2D eigenvalue weighted by atomic mass is 79.9. The van der Waals surface area contributed by atoms with Gasteiger partial charge in [0.05, 0.1) is 5.92 Å². The highest BCUT2D eigenvalue weighted by molar-refractivity contribution is 9.10. The van der Waals surface area contributed by atoms with Gasteiger partial charge in [0, 0.05) is 22.5 Å². The molecule has 0 radical (unpaired) electrons. The highest BCUT2D eigenvalue weighted by Gasteiger charge is 2.51. The second kappa shape index (κ2) is 4.10. The van der Waals surface area contributed by atoms with Crippen LogP contribution >= 0.6 is 15.9 Å². The Bertz CT molecular complexity index is 445.